The van der Waals surface area contributed by atoms with Crippen LogP contribution in [-0.4, -0.2) is 54.3 Å². The Kier molecular flexibility index (Phi) is 4.92. The zero-order valence-corrected chi connectivity index (χ0v) is 14.4. The fourth-order valence-electron chi connectivity index (χ4n) is 3.26. The normalized spacial score (nSPS) is 17.8. The van der Waals surface area contributed by atoms with Crippen molar-refractivity contribution in [1.29, 1.82) is 0 Å². The van der Waals surface area contributed by atoms with Crippen molar-refractivity contribution in [2.45, 2.75) is 19.4 Å². The van der Waals surface area contributed by atoms with Gasteiger partial charge in [-0.3, -0.25) is 0 Å². The average molecular weight is 340 g/mol. The summed E-state index contributed by atoms with van der Waals surface area (Å²) in [5.41, 5.74) is 1.14. The van der Waals surface area contributed by atoms with E-state index >= 15 is 0 Å². The predicted molar refractivity (Wildman–Crippen MR) is 98.1 cm³/mol. The number of ether oxygens (including phenoxy) is 1. The molecule has 2 aromatic rings. The maximum Gasteiger partial charge on any atom is 0.134 e. The first-order valence-corrected chi connectivity index (χ1v) is 8.97. The average Bonchev–Trinajstić information content (AvgIpc) is 3.23. The molecular formula is C18H24N6O. The smallest absolute Gasteiger partial charge is 0.134 e. The van der Waals surface area contributed by atoms with Crippen LogP contribution in [0.1, 0.15) is 18.4 Å². The molecule has 0 amide bonds. The summed E-state index contributed by atoms with van der Waals surface area (Å²) in [6, 6.07) is 6.23. The van der Waals surface area contributed by atoms with Gasteiger partial charge in [0.25, 0.3) is 0 Å². The summed E-state index contributed by atoms with van der Waals surface area (Å²) in [6.07, 6.45) is 6.05. The van der Waals surface area contributed by atoms with Crippen LogP contribution in [0.2, 0.25) is 0 Å². The van der Waals surface area contributed by atoms with E-state index in [0.29, 0.717) is 6.54 Å². The van der Waals surface area contributed by atoms with Crippen LogP contribution >= 0.6 is 0 Å². The summed E-state index contributed by atoms with van der Waals surface area (Å²) < 4.78 is 5.38. The third-order valence-corrected chi connectivity index (χ3v) is 4.70. The van der Waals surface area contributed by atoms with Gasteiger partial charge >= 0.3 is 0 Å². The molecule has 0 unspecified atom stereocenters. The first kappa shape index (κ1) is 16.1. The van der Waals surface area contributed by atoms with Gasteiger partial charge in [0.2, 0.25) is 0 Å². The molecule has 7 heteroatoms. The quantitative estimate of drug-likeness (QED) is 0.892. The minimum atomic E-state index is 0.701. The van der Waals surface area contributed by atoms with Gasteiger partial charge in [-0.15, -0.1) is 0 Å². The fourth-order valence-corrected chi connectivity index (χ4v) is 3.26. The topological polar surface area (TPSA) is 66.4 Å². The largest absolute Gasteiger partial charge is 0.378 e. The zero-order valence-electron chi connectivity index (χ0n) is 14.4. The Morgan fingerprint density at radius 1 is 0.920 bits per heavy atom. The van der Waals surface area contributed by atoms with Crippen LogP contribution in [0.4, 0.5) is 17.5 Å². The van der Waals surface area contributed by atoms with Crippen molar-refractivity contribution in [3.05, 3.63) is 36.3 Å². The van der Waals surface area contributed by atoms with Crippen molar-refractivity contribution in [3.63, 3.8) is 0 Å². The third-order valence-electron chi connectivity index (χ3n) is 4.70. The van der Waals surface area contributed by atoms with Gasteiger partial charge < -0.3 is 19.9 Å². The number of anilines is 3. The van der Waals surface area contributed by atoms with Gasteiger partial charge in [-0.2, -0.15) is 0 Å². The minimum absolute atomic E-state index is 0.701. The Balaban J connectivity index is 1.35. The number of hydrogen-bond acceptors (Lipinski definition) is 7. The van der Waals surface area contributed by atoms with Crippen molar-refractivity contribution >= 4 is 17.5 Å². The van der Waals surface area contributed by atoms with Crippen molar-refractivity contribution in [2.75, 3.05) is 54.5 Å². The predicted octanol–water partition coefficient (Wildman–Crippen LogP) is 1.92. The van der Waals surface area contributed by atoms with Gasteiger partial charge in [0.05, 0.1) is 13.2 Å². The lowest BCUT2D eigenvalue weighted by Crippen LogP contribution is -2.36. The van der Waals surface area contributed by atoms with E-state index in [1.165, 1.54) is 12.8 Å². The number of hydrogen-bond donors (Lipinski definition) is 1. The molecule has 2 aliphatic heterocycles. The van der Waals surface area contributed by atoms with E-state index in [9.17, 15) is 0 Å². The highest BCUT2D eigenvalue weighted by Crippen LogP contribution is 2.20. The summed E-state index contributed by atoms with van der Waals surface area (Å²) in [6.45, 7) is 6.24. The molecule has 4 heterocycles. The number of nitrogens with zero attached hydrogens (tertiary/aromatic N) is 5. The molecule has 0 spiro atoms. The maximum absolute atomic E-state index is 5.38. The SMILES string of the molecule is c1nc(NCc2ccc(N3CCOCC3)nc2)cc(N2CCCC2)n1. The second-order valence-corrected chi connectivity index (χ2v) is 6.43. The van der Waals surface area contributed by atoms with Crippen LogP contribution in [0.3, 0.4) is 0 Å². The van der Waals surface area contributed by atoms with E-state index in [0.717, 1.165) is 62.4 Å². The second-order valence-electron chi connectivity index (χ2n) is 6.43. The molecule has 132 valence electrons. The molecule has 4 rings (SSSR count). The van der Waals surface area contributed by atoms with Gasteiger partial charge in [-0.25, -0.2) is 15.0 Å². The fraction of sp³-hybridized carbons (Fsp3) is 0.500. The number of morpholine rings is 1. The highest BCUT2D eigenvalue weighted by Gasteiger charge is 2.14. The molecule has 0 radical (unpaired) electrons. The molecule has 1 N–H and O–H groups in total. The number of aromatic nitrogens is 3. The molecule has 7 nitrogen and oxygen atoms in total. The van der Waals surface area contributed by atoms with Gasteiger partial charge in [0.15, 0.2) is 0 Å². The highest BCUT2D eigenvalue weighted by molar-refractivity contribution is 5.49. The van der Waals surface area contributed by atoms with Crippen LogP contribution < -0.4 is 15.1 Å². The Bertz CT molecular complexity index is 680. The summed E-state index contributed by atoms with van der Waals surface area (Å²) >= 11 is 0. The lowest BCUT2D eigenvalue weighted by Gasteiger charge is -2.27. The summed E-state index contributed by atoms with van der Waals surface area (Å²) in [5.74, 6) is 2.88. The van der Waals surface area contributed by atoms with E-state index in [4.69, 9.17) is 4.74 Å². The standard InChI is InChI=1S/C18H24N6O/c1-2-6-23(5-1)18-11-16(21-14-22-18)19-12-15-3-4-17(20-13-15)24-7-9-25-10-8-24/h3-4,11,13-14H,1-2,5-10,12H2,(H,19,21,22). The van der Waals surface area contributed by atoms with Gasteiger partial charge in [0, 0.05) is 45.0 Å². The molecular weight excluding hydrogens is 316 g/mol. The van der Waals surface area contributed by atoms with E-state index in [1.807, 2.05) is 12.3 Å². The number of rotatable bonds is 5. The van der Waals surface area contributed by atoms with Gasteiger partial charge in [0.1, 0.15) is 23.8 Å². The Hall–Kier alpha value is -2.41. The van der Waals surface area contributed by atoms with Crippen LogP contribution in [0.5, 0.6) is 0 Å². The molecule has 2 aliphatic rings. The van der Waals surface area contributed by atoms with Crippen molar-refractivity contribution < 1.29 is 4.74 Å². The number of nitrogens with one attached hydrogen (secondary N) is 1. The molecule has 25 heavy (non-hydrogen) atoms. The molecule has 0 aromatic carbocycles. The van der Waals surface area contributed by atoms with E-state index < -0.39 is 0 Å². The molecule has 0 saturated carbocycles. The van der Waals surface area contributed by atoms with Crippen molar-refractivity contribution in [2.24, 2.45) is 0 Å². The lowest BCUT2D eigenvalue weighted by atomic mass is 10.2. The molecule has 2 fully saturated rings. The Labute approximate surface area is 148 Å². The van der Waals surface area contributed by atoms with E-state index in [1.54, 1.807) is 6.33 Å². The van der Waals surface area contributed by atoms with Crippen molar-refractivity contribution in [1.82, 2.24) is 15.0 Å². The van der Waals surface area contributed by atoms with Crippen LogP contribution in [0.15, 0.2) is 30.7 Å². The van der Waals surface area contributed by atoms with Crippen LogP contribution in [0.25, 0.3) is 0 Å². The third kappa shape index (κ3) is 3.99. The molecule has 2 saturated heterocycles. The molecule has 0 atom stereocenters. The van der Waals surface area contributed by atoms with Gasteiger partial charge in [-0.1, -0.05) is 6.07 Å². The summed E-state index contributed by atoms with van der Waals surface area (Å²) in [5, 5.41) is 3.37. The first-order valence-electron chi connectivity index (χ1n) is 8.97. The van der Waals surface area contributed by atoms with Crippen LogP contribution in [0, 0.1) is 0 Å². The van der Waals surface area contributed by atoms with E-state index in [-0.39, 0.29) is 0 Å². The molecule has 0 aliphatic carbocycles. The first-order chi connectivity index (χ1) is 12.4. The van der Waals surface area contributed by atoms with Crippen molar-refractivity contribution in [3.8, 4) is 0 Å². The summed E-state index contributed by atoms with van der Waals surface area (Å²) in [4.78, 5) is 17.9. The molecule has 0 bridgehead atoms. The van der Waals surface area contributed by atoms with Gasteiger partial charge in [-0.05, 0) is 24.5 Å². The molecule has 2 aromatic heterocycles. The number of pyridine rings is 1. The minimum Gasteiger partial charge on any atom is -0.378 e. The maximum atomic E-state index is 5.38. The van der Waals surface area contributed by atoms with Crippen LogP contribution in [-0.2, 0) is 11.3 Å². The second kappa shape index (κ2) is 7.65. The Morgan fingerprint density at radius 2 is 1.72 bits per heavy atom. The highest BCUT2D eigenvalue weighted by atomic mass is 16.5. The zero-order chi connectivity index (χ0) is 16.9. The monoisotopic (exact) mass is 340 g/mol. The Morgan fingerprint density at radius 3 is 2.48 bits per heavy atom. The summed E-state index contributed by atoms with van der Waals surface area (Å²) in [7, 11) is 0. The van der Waals surface area contributed by atoms with E-state index in [2.05, 4.69) is 42.2 Å². The lowest BCUT2D eigenvalue weighted by molar-refractivity contribution is 0.122.